The van der Waals surface area contributed by atoms with E-state index in [-0.39, 0.29) is 14.9 Å². The zero-order chi connectivity index (χ0) is 24.0. The number of allylic oxidation sites excluding steroid dienone is 4. The molecule has 5 aliphatic rings. The van der Waals surface area contributed by atoms with Gasteiger partial charge >= 0.3 is 37.9 Å². The van der Waals surface area contributed by atoms with Crippen LogP contribution < -0.4 is 0 Å². The van der Waals surface area contributed by atoms with Gasteiger partial charge in [-0.15, -0.1) is 23.5 Å². The van der Waals surface area contributed by atoms with Crippen molar-refractivity contribution in [2.45, 2.75) is 86.5 Å². The van der Waals surface area contributed by atoms with Gasteiger partial charge in [0.1, 0.15) is 0 Å². The van der Waals surface area contributed by atoms with E-state index in [9.17, 15) is 0 Å². The number of fused-ring (bicyclic) bond motifs is 4. The van der Waals surface area contributed by atoms with Gasteiger partial charge in [0.25, 0.3) is 0 Å². The summed E-state index contributed by atoms with van der Waals surface area (Å²) in [6.45, 7) is 10.4. The standard InChI is InChI=1S/C28H38S2Si.2CH3.2ClH.Zr/c1-17-14-23-24-15-18(2)30-26(24)28(25(23)29-17)31(3,4)27-21-13-9-8-12-20(21)16-22(27)19-10-6-5-7-11-19;;;;;/h5-7,10-11,14-15,20-28H,8-9,12-13,16H2,1-4H3;2*1H3;2*1H;/q;2*-1;;;+4/p-2. The van der Waals surface area contributed by atoms with E-state index in [4.69, 9.17) is 17.0 Å². The SMILES string of the molecule is CC1=CC2C3C=C(C)SC3C([Si](C)(C)C3C(c4ccccc4)CC4CCCCC43)C2S1.[CH3-].[CH3-].[Cl][Zr+2][Cl]. The van der Waals surface area contributed by atoms with Crippen molar-refractivity contribution in [3.8, 4) is 0 Å². The molecule has 3 saturated carbocycles. The zero-order valence-electron chi connectivity index (χ0n) is 22.8. The minimum absolute atomic E-state index is 0. The molecule has 0 N–H and O–H groups in total. The van der Waals surface area contributed by atoms with Gasteiger partial charge in [-0.25, -0.2) is 0 Å². The van der Waals surface area contributed by atoms with E-state index in [2.05, 4.69) is 92.9 Å². The van der Waals surface area contributed by atoms with Crippen molar-refractivity contribution in [1.29, 1.82) is 0 Å². The summed E-state index contributed by atoms with van der Waals surface area (Å²) in [5.74, 6) is 4.41. The molecule has 2 heterocycles. The third kappa shape index (κ3) is 5.76. The Labute approximate surface area is 250 Å². The fourth-order valence-electron chi connectivity index (χ4n) is 8.83. The first-order valence-electron chi connectivity index (χ1n) is 13.1. The van der Waals surface area contributed by atoms with Crippen LogP contribution in [0.2, 0.25) is 24.2 Å². The molecular weight excluding hydrogens is 615 g/mol. The molecule has 0 bridgehead atoms. The summed E-state index contributed by atoms with van der Waals surface area (Å²) in [4.78, 5) is 3.21. The Morgan fingerprint density at radius 1 is 0.833 bits per heavy atom. The van der Waals surface area contributed by atoms with E-state index in [0.717, 1.165) is 51.2 Å². The van der Waals surface area contributed by atoms with Gasteiger partial charge in [-0.3, -0.25) is 0 Å². The summed E-state index contributed by atoms with van der Waals surface area (Å²) < 4.78 is 0. The van der Waals surface area contributed by atoms with Crippen molar-refractivity contribution < 1.29 is 20.8 Å². The van der Waals surface area contributed by atoms with Crippen LogP contribution in [-0.4, -0.2) is 18.6 Å². The Kier molecular flexibility index (Phi) is 11.6. The molecule has 1 aromatic rings. The summed E-state index contributed by atoms with van der Waals surface area (Å²) in [5.41, 5.74) is 3.57. The molecule has 3 fully saturated rings. The second kappa shape index (κ2) is 13.2. The van der Waals surface area contributed by atoms with Crippen LogP contribution >= 0.6 is 40.5 Å². The predicted molar refractivity (Wildman–Crippen MR) is 166 cm³/mol. The molecule has 0 nitrogen and oxygen atoms in total. The fraction of sp³-hybridized carbons (Fsp3) is 0.600. The van der Waals surface area contributed by atoms with E-state index in [1.54, 1.807) is 15.4 Å². The average molecular weight is 659 g/mol. The Hall–Kier alpha value is 1.08. The summed E-state index contributed by atoms with van der Waals surface area (Å²) in [6.07, 6.45) is 12.8. The van der Waals surface area contributed by atoms with Gasteiger partial charge in [0.15, 0.2) is 0 Å². The number of benzene rings is 1. The van der Waals surface area contributed by atoms with Crippen molar-refractivity contribution in [3.63, 3.8) is 0 Å². The fourth-order valence-corrected chi connectivity index (χ4v) is 19.7. The molecule has 36 heavy (non-hydrogen) atoms. The van der Waals surface area contributed by atoms with Crippen LogP contribution in [0.1, 0.15) is 57.4 Å². The number of hydrogen-bond donors (Lipinski definition) is 0. The van der Waals surface area contributed by atoms with Crippen molar-refractivity contribution in [2.75, 3.05) is 0 Å². The Morgan fingerprint density at radius 3 is 1.92 bits per heavy atom. The molecule has 198 valence electrons. The molecule has 0 radical (unpaired) electrons. The first kappa shape index (κ1) is 31.6. The Bertz CT molecular complexity index is 904. The molecule has 0 amide bonds. The molecule has 3 aliphatic carbocycles. The Morgan fingerprint density at radius 2 is 1.36 bits per heavy atom. The maximum atomic E-state index is 4.93. The van der Waals surface area contributed by atoms with Crippen molar-refractivity contribution in [3.05, 3.63) is 72.7 Å². The molecule has 1 aromatic carbocycles. The van der Waals surface area contributed by atoms with Crippen molar-refractivity contribution >= 4 is 48.6 Å². The molecular formula is C30H44Cl2S2SiZr. The van der Waals surface area contributed by atoms with Crippen LogP contribution in [0.5, 0.6) is 0 Å². The molecule has 0 saturated heterocycles. The van der Waals surface area contributed by atoms with Crippen molar-refractivity contribution in [1.82, 2.24) is 0 Å². The van der Waals surface area contributed by atoms with Crippen LogP contribution in [0, 0.1) is 38.5 Å². The first-order chi connectivity index (χ1) is 16.4. The second-order valence-corrected chi connectivity index (χ2v) is 23.3. The molecule has 6 rings (SSSR count). The maximum absolute atomic E-state index is 4.93. The van der Waals surface area contributed by atoms with Gasteiger partial charge < -0.3 is 14.9 Å². The molecule has 6 heteroatoms. The molecule has 8 atom stereocenters. The summed E-state index contributed by atoms with van der Waals surface area (Å²) >= 11 is 3.71. The van der Waals surface area contributed by atoms with E-state index in [1.807, 2.05) is 0 Å². The van der Waals surface area contributed by atoms with Gasteiger partial charge in [-0.1, -0.05) is 81.3 Å². The van der Waals surface area contributed by atoms with Crippen LogP contribution in [0.15, 0.2) is 52.3 Å². The number of rotatable bonds is 3. The van der Waals surface area contributed by atoms with E-state index >= 15 is 0 Å². The van der Waals surface area contributed by atoms with Gasteiger partial charge in [0.05, 0.1) is 8.07 Å². The van der Waals surface area contributed by atoms with Gasteiger partial charge in [-0.05, 0) is 76.3 Å². The minimum atomic E-state index is -1.53. The van der Waals surface area contributed by atoms with E-state index in [1.165, 1.54) is 32.1 Å². The van der Waals surface area contributed by atoms with Gasteiger partial charge in [-0.2, -0.15) is 0 Å². The third-order valence-corrected chi connectivity index (χ3v) is 18.0. The number of halogens is 2. The summed E-state index contributed by atoms with van der Waals surface area (Å²) in [5, 5.41) is 1.71. The average Bonchev–Trinajstić information content (AvgIpc) is 3.54. The molecule has 0 spiro atoms. The topological polar surface area (TPSA) is 0 Å². The Balaban J connectivity index is 0.000000690. The summed E-state index contributed by atoms with van der Waals surface area (Å²) in [7, 11) is 8.34. The van der Waals surface area contributed by atoms with E-state index < -0.39 is 28.9 Å². The monoisotopic (exact) mass is 656 g/mol. The van der Waals surface area contributed by atoms with Crippen molar-refractivity contribution in [2.24, 2.45) is 23.7 Å². The quantitative estimate of drug-likeness (QED) is 0.234. The summed E-state index contributed by atoms with van der Waals surface area (Å²) in [6, 6.07) is 11.7. The first-order valence-corrected chi connectivity index (χ1v) is 24.3. The van der Waals surface area contributed by atoms with Crippen LogP contribution in [0.25, 0.3) is 0 Å². The van der Waals surface area contributed by atoms with Crippen LogP contribution in [0.4, 0.5) is 0 Å². The van der Waals surface area contributed by atoms with Crippen LogP contribution in [0.3, 0.4) is 0 Å². The zero-order valence-corrected chi connectivity index (χ0v) is 29.4. The van der Waals surface area contributed by atoms with Gasteiger partial charge in [0, 0.05) is 10.5 Å². The third-order valence-electron chi connectivity index (χ3n) is 9.77. The van der Waals surface area contributed by atoms with Gasteiger partial charge in [0.2, 0.25) is 0 Å². The van der Waals surface area contributed by atoms with Crippen LogP contribution in [-0.2, 0) is 20.8 Å². The van der Waals surface area contributed by atoms with E-state index in [0.29, 0.717) is 0 Å². The number of hydrogen-bond acceptors (Lipinski definition) is 2. The molecule has 2 aliphatic heterocycles. The molecule has 0 aromatic heterocycles. The second-order valence-electron chi connectivity index (χ2n) is 11.8. The normalized spacial score (nSPS) is 38.1. The predicted octanol–water partition coefficient (Wildman–Crippen LogP) is 11.0. The number of thioether (sulfide) groups is 2. The molecule has 8 unspecified atom stereocenters.